The van der Waals surface area contributed by atoms with Crippen molar-refractivity contribution in [2.45, 2.75) is 32.2 Å². The molecule has 1 aliphatic heterocycles. The molecule has 0 spiro atoms. The van der Waals surface area contributed by atoms with Gasteiger partial charge in [0.25, 0.3) is 5.56 Å². The molecule has 4 rings (SSSR count). The second-order valence-electron chi connectivity index (χ2n) is 8.08. The summed E-state index contributed by atoms with van der Waals surface area (Å²) in [5, 5.41) is 12.6. The molecule has 32 heavy (non-hydrogen) atoms. The number of rotatable bonds is 5. The summed E-state index contributed by atoms with van der Waals surface area (Å²) in [6, 6.07) is 5.24. The average molecular weight is 442 g/mol. The molecule has 1 atom stereocenters. The number of piperidine rings is 1. The Balaban J connectivity index is 1.82. The monoisotopic (exact) mass is 442 g/mol. The first-order valence-corrected chi connectivity index (χ1v) is 10.5. The molecule has 1 aromatic heterocycles. The molecule has 2 aromatic carbocycles. The molecular formula is C23H24F2N4O3. The van der Waals surface area contributed by atoms with E-state index in [4.69, 9.17) is 4.98 Å². The highest BCUT2D eigenvalue weighted by Gasteiger charge is 2.22. The fraction of sp³-hybridized carbons (Fsp3) is 0.348. The van der Waals surface area contributed by atoms with Crippen LogP contribution < -0.4 is 15.8 Å². The summed E-state index contributed by atoms with van der Waals surface area (Å²) in [5.74, 6) is -2.03. The Bertz CT molecular complexity index is 1250. The van der Waals surface area contributed by atoms with Crippen molar-refractivity contribution in [1.82, 2.24) is 9.55 Å². The van der Waals surface area contributed by atoms with Gasteiger partial charge < -0.3 is 15.3 Å². The molecule has 168 valence electrons. The molecule has 0 bridgehead atoms. The van der Waals surface area contributed by atoms with Crippen molar-refractivity contribution in [2.75, 3.05) is 23.3 Å². The topological polar surface area (TPSA) is 87.5 Å². The van der Waals surface area contributed by atoms with Crippen LogP contribution in [0.3, 0.4) is 0 Å². The first kappa shape index (κ1) is 21.7. The molecule has 0 unspecified atom stereocenters. The maximum Gasteiger partial charge on any atom is 0.337 e. The van der Waals surface area contributed by atoms with Crippen molar-refractivity contribution < 1.29 is 18.7 Å². The van der Waals surface area contributed by atoms with E-state index in [-0.39, 0.29) is 22.2 Å². The van der Waals surface area contributed by atoms with E-state index < -0.39 is 23.6 Å². The number of benzene rings is 2. The number of aromatic nitrogens is 2. The lowest BCUT2D eigenvalue weighted by Gasteiger charge is -2.29. The molecule has 3 aromatic rings. The molecule has 0 aliphatic carbocycles. The van der Waals surface area contributed by atoms with Crippen LogP contribution in [0.5, 0.6) is 0 Å². The second-order valence-corrected chi connectivity index (χ2v) is 8.08. The van der Waals surface area contributed by atoms with Gasteiger partial charge in [-0.15, -0.1) is 0 Å². The zero-order valence-corrected chi connectivity index (χ0v) is 17.9. The number of carboxylic acids is 1. The number of hydrogen-bond acceptors (Lipinski definition) is 5. The van der Waals surface area contributed by atoms with E-state index in [1.165, 1.54) is 22.8 Å². The van der Waals surface area contributed by atoms with E-state index in [0.29, 0.717) is 17.0 Å². The van der Waals surface area contributed by atoms with E-state index in [1.807, 2.05) is 0 Å². The average Bonchev–Trinajstić information content (AvgIpc) is 2.77. The van der Waals surface area contributed by atoms with Gasteiger partial charge in [-0.2, -0.15) is 0 Å². The van der Waals surface area contributed by atoms with Crippen LogP contribution in [0.4, 0.5) is 20.4 Å². The van der Waals surface area contributed by atoms with Gasteiger partial charge in [-0.05, 0) is 56.5 Å². The Labute approximate surface area is 183 Å². The summed E-state index contributed by atoms with van der Waals surface area (Å²) in [4.78, 5) is 31.4. The van der Waals surface area contributed by atoms with Gasteiger partial charge in [-0.3, -0.25) is 9.36 Å². The molecular weight excluding hydrogens is 418 g/mol. The SMILES string of the molecule is C[C@@H](Nc1ccc(F)cc1C(=O)O)c1cc(F)cc2c(=O)n(C)c(N3CCCCC3)nc12. The largest absolute Gasteiger partial charge is 0.478 e. The number of aromatic carboxylic acids is 1. The number of halogens is 2. The standard InChI is InChI=1S/C23H24F2N4O3/c1-13(26-19-7-6-14(24)10-17(19)22(31)32)16-11-15(25)12-18-20(16)27-23(28(2)21(18)30)29-8-4-3-5-9-29/h6-7,10-13,26H,3-5,8-9H2,1-2H3,(H,31,32)/t13-/m1/s1. The maximum absolute atomic E-state index is 14.5. The Morgan fingerprint density at radius 1 is 1.12 bits per heavy atom. The van der Waals surface area contributed by atoms with Crippen LogP contribution in [0, 0.1) is 11.6 Å². The van der Waals surface area contributed by atoms with E-state index in [0.717, 1.165) is 44.5 Å². The second kappa shape index (κ2) is 8.57. The van der Waals surface area contributed by atoms with Crippen LogP contribution in [0.2, 0.25) is 0 Å². The molecule has 0 saturated carbocycles. The summed E-state index contributed by atoms with van der Waals surface area (Å²) in [6.45, 7) is 3.28. The number of fused-ring (bicyclic) bond motifs is 1. The number of nitrogens with one attached hydrogen (secondary N) is 1. The molecule has 9 heteroatoms. The Kier molecular flexibility index (Phi) is 5.82. The fourth-order valence-corrected chi connectivity index (χ4v) is 4.19. The third-order valence-electron chi connectivity index (χ3n) is 5.84. The number of nitrogens with zero attached hydrogens (tertiary/aromatic N) is 3. The Morgan fingerprint density at radius 3 is 2.53 bits per heavy atom. The van der Waals surface area contributed by atoms with Crippen LogP contribution in [-0.2, 0) is 7.05 Å². The number of carbonyl (C=O) groups is 1. The molecule has 1 aliphatic rings. The Hall–Kier alpha value is -3.49. The number of hydrogen-bond donors (Lipinski definition) is 2. The van der Waals surface area contributed by atoms with Gasteiger partial charge in [0.05, 0.1) is 22.5 Å². The molecule has 1 fully saturated rings. The van der Waals surface area contributed by atoms with Crippen molar-refractivity contribution in [1.29, 1.82) is 0 Å². The summed E-state index contributed by atoms with van der Waals surface area (Å²) in [6.07, 6.45) is 3.13. The highest BCUT2D eigenvalue weighted by atomic mass is 19.1. The van der Waals surface area contributed by atoms with Gasteiger partial charge in [-0.1, -0.05) is 0 Å². The van der Waals surface area contributed by atoms with Crippen molar-refractivity contribution in [3.8, 4) is 0 Å². The van der Waals surface area contributed by atoms with E-state index in [9.17, 15) is 23.5 Å². The van der Waals surface area contributed by atoms with Crippen LogP contribution in [0.1, 0.15) is 48.1 Å². The minimum atomic E-state index is -1.29. The number of carboxylic acid groups (broad SMARTS) is 1. The first-order chi connectivity index (χ1) is 15.3. The van der Waals surface area contributed by atoms with E-state index in [2.05, 4.69) is 10.2 Å². The van der Waals surface area contributed by atoms with Crippen LogP contribution in [0.25, 0.3) is 10.9 Å². The zero-order chi connectivity index (χ0) is 23.0. The van der Waals surface area contributed by atoms with Crippen LogP contribution in [-0.4, -0.2) is 33.7 Å². The summed E-state index contributed by atoms with van der Waals surface area (Å²) in [5.41, 5.74) is 0.363. The van der Waals surface area contributed by atoms with Gasteiger partial charge in [0, 0.05) is 31.4 Å². The van der Waals surface area contributed by atoms with Crippen molar-refractivity contribution >= 4 is 28.5 Å². The van der Waals surface area contributed by atoms with Crippen LogP contribution >= 0.6 is 0 Å². The molecule has 2 N–H and O–H groups in total. The molecule has 0 amide bonds. The third-order valence-corrected chi connectivity index (χ3v) is 5.84. The van der Waals surface area contributed by atoms with Gasteiger partial charge in [0.2, 0.25) is 5.95 Å². The predicted octanol–water partition coefficient (Wildman–Crippen LogP) is 4.07. The third kappa shape index (κ3) is 4.02. The summed E-state index contributed by atoms with van der Waals surface area (Å²) >= 11 is 0. The number of anilines is 2. The van der Waals surface area contributed by atoms with Gasteiger partial charge in [0.1, 0.15) is 11.6 Å². The minimum absolute atomic E-state index is 0.148. The van der Waals surface area contributed by atoms with Crippen LogP contribution in [0.15, 0.2) is 35.1 Å². The quantitative estimate of drug-likeness (QED) is 0.619. The van der Waals surface area contributed by atoms with Gasteiger partial charge in [0.15, 0.2) is 0 Å². The first-order valence-electron chi connectivity index (χ1n) is 10.5. The fourth-order valence-electron chi connectivity index (χ4n) is 4.19. The zero-order valence-electron chi connectivity index (χ0n) is 17.9. The van der Waals surface area contributed by atoms with Crippen molar-refractivity contribution in [3.63, 3.8) is 0 Å². The molecule has 1 saturated heterocycles. The van der Waals surface area contributed by atoms with E-state index in [1.54, 1.807) is 14.0 Å². The molecule has 2 heterocycles. The summed E-state index contributed by atoms with van der Waals surface area (Å²) in [7, 11) is 1.63. The normalized spacial score (nSPS) is 15.1. The lowest BCUT2D eigenvalue weighted by molar-refractivity contribution is 0.0697. The van der Waals surface area contributed by atoms with Crippen molar-refractivity contribution in [3.05, 3.63) is 63.4 Å². The smallest absolute Gasteiger partial charge is 0.337 e. The molecule has 0 radical (unpaired) electrons. The minimum Gasteiger partial charge on any atom is -0.478 e. The van der Waals surface area contributed by atoms with Crippen molar-refractivity contribution in [2.24, 2.45) is 7.05 Å². The lowest BCUT2D eigenvalue weighted by atomic mass is 10.0. The lowest BCUT2D eigenvalue weighted by Crippen LogP contribution is -2.35. The molecule has 7 nitrogen and oxygen atoms in total. The van der Waals surface area contributed by atoms with E-state index >= 15 is 0 Å². The predicted molar refractivity (Wildman–Crippen MR) is 118 cm³/mol. The maximum atomic E-state index is 14.5. The highest BCUT2D eigenvalue weighted by Crippen LogP contribution is 2.29. The highest BCUT2D eigenvalue weighted by molar-refractivity contribution is 5.94. The Morgan fingerprint density at radius 2 is 1.84 bits per heavy atom. The summed E-state index contributed by atoms with van der Waals surface area (Å²) < 4.78 is 29.4. The van der Waals surface area contributed by atoms with Gasteiger partial charge in [-0.25, -0.2) is 18.6 Å². The van der Waals surface area contributed by atoms with Gasteiger partial charge >= 0.3 is 5.97 Å².